The first-order valence-corrected chi connectivity index (χ1v) is 5.98. The van der Waals surface area contributed by atoms with Gasteiger partial charge in [0.1, 0.15) is 6.10 Å². The van der Waals surface area contributed by atoms with Crippen LogP contribution in [0.1, 0.15) is 31.1 Å². The fourth-order valence-corrected chi connectivity index (χ4v) is 1.75. The number of methoxy groups -OCH3 is 1. The summed E-state index contributed by atoms with van der Waals surface area (Å²) in [7, 11) is 1.17. The van der Waals surface area contributed by atoms with E-state index in [1.165, 1.54) is 7.11 Å². The summed E-state index contributed by atoms with van der Waals surface area (Å²) in [5, 5.41) is 19.3. The second-order valence-corrected chi connectivity index (χ2v) is 4.75. The molecular weight excluding hydrogens is 232 g/mol. The quantitative estimate of drug-likeness (QED) is 0.778. The van der Waals surface area contributed by atoms with Gasteiger partial charge in [0.25, 0.3) is 0 Å². The molecule has 4 nitrogen and oxygen atoms in total. The Morgan fingerprint density at radius 2 is 1.78 bits per heavy atom. The Balaban J connectivity index is 2.75. The van der Waals surface area contributed by atoms with Gasteiger partial charge < -0.3 is 14.9 Å². The van der Waals surface area contributed by atoms with Gasteiger partial charge in [-0.05, 0) is 23.5 Å². The van der Waals surface area contributed by atoms with Crippen molar-refractivity contribution >= 4 is 5.97 Å². The van der Waals surface area contributed by atoms with Crippen molar-refractivity contribution in [2.24, 2.45) is 5.92 Å². The van der Waals surface area contributed by atoms with Gasteiger partial charge in [0, 0.05) is 0 Å². The second-order valence-electron chi connectivity index (χ2n) is 4.75. The molecule has 0 aromatic heterocycles. The number of aliphatic hydroxyl groups is 2. The Bertz CT molecular complexity index is 383. The Morgan fingerprint density at radius 1 is 1.22 bits per heavy atom. The van der Waals surface area contributed by atoms with E-state index >= 15 is 0 Å². The molecule has 1 aromatic carbocycles. The fourth-order valence-electron chi connectivity index (χ4n) is 1.75. The molecule has 0 bridgehead atoms. The fraction of sp³-hybridized carbons (Fsp3) is 0.500. The minimum Gasteiger partial charge on any atom is -0.467 e. The summed E-state index contributed by atoms with van der Waals surface area (Å²) in [5.74, 6) is -0.282. The molecule has 0 amide bonds. The average Bonchev–Trinajstić information content (AvgIpc) is 2.36. The van der Waals surface area contributed by atoms with Crippen LogP contribution in [0.25, 0.3) is 0 Å². The van der Waals surface area contributed by atoms with Crippen molar-refractivity contribution in [3.63, 3.8) is 0 Å². The second kappa shape index (κ2) is 6.52. The van der Waals surface area contributed by atoms with Gasteiger partial charge in [0.2, 0.25) is 0 Å². The Hall–Kier alpha value is -1.39. The Kier molecular flexibility index (Phi) is 5.31. The minimum atomic E-state index is -1.55. The van der Waals surface area contributed by atoms with Crippen LogP contribution in [0.5, 0.6) is 0 Å². The number of hydrogen-bond donors (Lipinski definition) is 2. The van der Waals surface area contributed by atoms with Crippen molar-refractivity contribution in [3.8, 4) is 0 Å². The first-order chi connectivity index (χ1) is 8.45. The summed E-state index contributed by atoms with van der Waals surface area (Å²) < 4.78 is 4.38. The van der Waals surface area contributed by atoms with Gasteiger partial charge in [0.05, 0.1) is 7.11 Å². The molecule has 18 heavy (non-hydrogen) atoms. The molecule has 0 saturated heterocycles. The maximum atomic E-state index is 11.1. The molecule has 0 aliphatic carbocycles. The lowest BCUT2D eigenvalue weighted by molar-refractivity contribution is -0.156. The standard InChI is InChI=1S/C14H20O4/c1-9(2)8-10-4-6-11(7-5-10)12(15)13(16)14(17)18-3/h4-7,9,12-13,15-16H,8H2,1-3H3. The summed E-state index contributed by atoms with van der Waals surface area (Å²) in [6, 6.07) is 7.22. The highest BCUT2D eigenvalue weighted by molar-refractivity contribution is 5.75. The molecule has 0 saturated carbocycles. The lowest BCUT2D eigenvalue weighted by Gasteiger charge is -2.16. The van der Waals surface area contributed by atoms with Crippen LogP contribution in [-0.4, -0.2) is 29.4 Å². The highest BCUT2D eigenvalue weighted by Crippen LogP contribution is 2.19. The van der Waals surface area contributed by atoms with E-state index < -0.39 is 18.2 Å². The summed E-state index contributed by atoms with van der Waals surface area (Å²) in [6.07, 6.45) is -1.85. The van der Waals surface area contributed by atoms with Gasteiger partial charge >= 0.3 is 5.97 Å². The van der Waals surface area contributed by atoms with E-state index in [9.17, 15) is 15.0 Å². The van der Waals surface area contributed by atoms with Gasteiger partial charge in [-0.3, -0.25) is 0 Å². The molecule has 2 unspecified atom stereocenters. The number of carbonyl (C=O) groups is 1. The van der Waals surface area contributed by atoms with Crippen molar-refractivity contribution in [1.29, 1.82) is 0 Å². The number of rotatable bonds is 5. The Morgan fingerprint density at radius 3 is 2.22 bits per heavy atom. The third-order valence-corrected chi connectivity index (χ3v) is 2.71. The first kappa shape index (κ1) is 14.7. The smallest absolute Gasteiger partial charge is 0.337 e. The first-order valence-electron chi connectivity index (χ1n) is 5.98. The molecule has 1 rings (SSSR count). The van der Waals surface area contributed by atoms with E-state index in [0.29, 0.717) is 11.5 Å². The van der Waals surface area contributed by atoms with Crippen molar-refractivity contribution < 1.29 is 19.7 Å². The molecule has 0 spiro atoms. The highest BCUT2D eigenvalue weighted by atomic mass is 16.5. The third kappa shape index (κ3) is 3.82. The van der Waals surface area contributed by atoms with Crippen molar-refractivity contribution in [1.82, 2.24) is 0 Å². The zero-order chi connectivity index (χ0) is 13.7. The van der Waals surface area contributed by atoms with Crippen LogP contribution in [0.15, 0.2) is 24.3 Å². The number of aliphatic hydroxyl groups excluding tert-OH is 2. The molecular formula is C14H20O4. The number of hydrogen-bond acceptors (Lipinski definition) is 4. The predicted octanol–water partition coefficient (Wildman–Crippen LogP) is 1.45. The number of carbonyl (C=O) groups excluding carboxylic acids is 1. The lowest BCUT2D eigenvalue weighted by Crippen LogP contribution is -2.29. The number of ether oxygens (including phenoxy) is 1. The van der Waals surface area contributed by atoms with E-state index in [1.807, 2.05) is 12.1 Å². The maximum absolute atomic E-state index is 11.1. The lowest BCUT2D eigenvalue weighted by atomic mass is 9.98. The SMILES string of the molecule is COC(=O)C(O)C(O)c1ccc(CC(C)C)cc1. The van der Waals surface area contributed by atoms with Crippen molar-refractivity contribution in [2.45, 2.75) is 32.5 Å². The Labute approximate surface area is 107 Å². The number of esters is 1. The molecule has 4 heteroatoms. The van der Waals surface area contributed by atoms with E-state index in [1.54, 1.807) is 12.1 Å². The molecule has 0 fully saturated rings. The molecule has 0 heterocycles. The zero-order valence-electron chi connectivity index (χ0n) is 11.0. The van der Waals surface area contributed by atoms with Gasteiger partial charge in [-0.25, -0.2) is 4.79 Å². The van der Waals surface area contributed by atoms with Gasteiger partial charge in [-0.15, -0.1) is 0 Å². The molecule has 1 aromatic rings. The van der Waals surface area contributed by atoms with Crippen LogP contribution in [0.2, 0.25) is 0 Å². The minimum absolute atomic E-state index is 0.500. The average molecular weight is 252 g/mol. The monoisotopic (exact) mass is 252 g/mol. The predicted molar refractivity (Wildman–Crippen MR) is 68.0 cm³/mol. The topological polar surface area (TPSA) is 66.8 Å². The molecule has 0 aliphatic rings. The van der Waals surface area contributed by atoms with E-state index in [0.717, 1.165) is 12.0 Å². The molecule has 100 valence electrons. The zero-order valence-corrected chi connectivity index (χ0v) is 11.0. The van der Waals surface area contributed by atoms with Gasteiger partial charge in [-0.2, -0.15) is 0 Å². The van der Waals surface area contributed by atoms with E-state index in [2.05, 4.69) is 18.6 Å². The maximum Gasteiger partial charge on any atom is 0.337 e. The van der Waals surface area contributed by atoms with Crippen molar-refractivity contribution in [3.05, 3.63) is 35.4 Å². The summed E-state index contributed by atoms with van der Waals surface area (Å²) >= 11 is 0. The largest absolute Gasteiger partial charge is 0.467 e. The summed E-state index contributed by atoms with van der Waals surface area (Å²) in [6.45, 7) is 4.26. The van der Waals surface area contributed by atoms with Crippen LogP contribution in [0.4, 0.5) is 0 Å². The highest BCUT2D eigenvalue weighted by Gasteiger charge is 2.26. The molecule has 0 radical (unpaired) electrons. The molecule has 0 aliphatic heterocycles. The third-order valence-electron chi connectivity index (χ3n) is 2.71. The normalized spacial score (nSPS) is 14.3. The van der Waals surface area contributed by atoms with Crippen LogP contribution >= 0.6 is 0 Å². The van der Waals surface area contributed by atoms with Crippen LogP contribution < -0.4 is 0 Å². The summed E-state index contributed by atoms with van der Waals surface area (Å²) in [5.41, 5.74) is 1.66. The van der Waals surface area contributed by atoms with E-state index in [4.69, 9.17) is 0 Å². The number of benzene rings is 1. The van der Waals surface area contributed by atoms with Crippen LogP contribution in [-0.2, 0) is 16.0 Å². The van der Waals surface area contributed by atoms with Crippen molar-refractivity contribution in [2.75, 3.05) is 7.11 Å². The van der Waals surface area contributed by atoms with Crippen LogP contribution in [0.3, 0.4) is 0 Å². The van der Waals surface area contributed by atoms with Gasteiger partial charge in [0.15, 0.2) is 6.10 Å². The molecule has 2 N–H and O–H groups in total. The van der Waals surface area contributed by atoms with Crippen LogP contribution in [0, 0.1) is 5.92 Å². The molecule has 2 atom stereocenters. The van der Waals surface area contributed by atoms with Gasteiger partial charge in [-0.1, -0.05) is 38.1 Å². The summed E-state index contributed by atoms with van der Waals surface area (Å²) in [4.78, 5) is 11.1. The van der Waals surface area contributed by atoms with E-state index in [-0.39, 0.29) is 0 Å².